The van der Waals surface area contributed by atoms with E-state index < -0.39 is 23.3 Å². The predicted molar refractivity (Wildman–Crippen MR) is 118 cm³/mol. The van der Waals surface area contributed by atoms with Crippen LogP contribution in [0.5, 0.6) is 0 Å². The quantitative estimate of drug-likeness (QED) is 0.428. The van der Waals surface area contributed by atoms with Crippen LogP contribution in [-0.4, -0.2) is 35.6 Å². The zero-order chi connectivity index (χ0) is 23.9. The molecule has 0 spiro atoms. The average Bonchev–Trinajstić information content (AvgIpc) is 3.49. The molecule has 1 amide bonds. The van der Waals surface area contributed by atoms with Gasteiger partial charge in [-0.15, -0.1) is 0 Å². The molecule has 0 unspecified atom stereocenters. The molecule has 0 bridgehead atoms. The van der Waals surface area contributed by atoms with Crippen molar-refractivity contribution in [1.82, 2.24) is 29.7 Å². The summed E-state index contributed by atoms with van der Waals surface area (Å²) in [4.78, 5) is 28.0. The largest absolute Gasteiger partial charge is 0.434 e. The number of aryl methyl sites for hydroxylation is 1. The first-order chi connectivity index (χ1) is 16.3. The van der Waals surface area contributed by atoms with E-state index in [1.807, 2.05) is 0 Å². The Hall–Kier alpha value is -3.73. The first-order valence-electron chi connectivity index (χ1n) is 10.4. The summed E-state index contributed by atoms with van der Waals surface area (Å²) in [6.07, 6.45) is 6.69. The lowest BCUT2D eigenvalue weighted by Crippen LogP contribution is -2.22. The monoisotopic (exact) mass is 487 g/mol. The summed E-state index contributed by atoms with van der Waals surface area (Å²) in [7, 11) is 0. The second kappa shape index (κ2) is 8.56. The Kier molecular flexibility index (Phi) is 5.56. The van der Waals surface area contributed by atoms with Crippen molar-refractivity contribution < 1.29 is 18.0 Å². The minimum Gasteiger partial charge on any atom is -0.343 e. The van der Waals surface area contributed by atoms with E-state index in [1.165, 1.54) is 24.7 Å². The molecular formula is C22H17ClF3N7O. The number of alkyl halides is 3. The highest BCUT2D eigenvalue weighted by molar-refractivity contribution is 6.33. The van der Waals surface area contributed by atoms with Gasteiger partial charge in [-0.2, -0.15) is 18.3 Å². The number of carbonyl (C=O) groups is 1. The molecule has 5 rings (SSSR count). The van der Waals surface area contributed by atoms with Crippen molar-refractivity contribution in [2.45, 2.75) is 31.9 Å². The van der Waals surface area contributed by atoms with Crippen LogP contribution in [0.1, 0.15) is 40.0 Å². The fraction of sp³-hybridized carbons (Fsp3) is 0.227. The Labute approximate surface area is 196 Å². The van der Waals surface area contributed by atoms with Gasteiger partial charge in [-0.25, -0.2) is 14.6 Å². The Bertz CT molecular complexity index is 1370. The van der Waals surface area contributed by atoms with E-state index in [0.29, 0.717) is 17.9 Å². The van der Waals surface area contributed by atoms with Gasteiger partial charge in [0.05, 0.1) is 40.6 Å². The maximum atomic E-state index is 14.1. The number of H-pyrrole nitrogens is 1. The first-order valence-corrected chi connectivity index (χ1v) is 10.8. The SMILES string of the molecule is O=C(Nc1cnc(-c2ncc[nH]2)c(Cl)c1)c1cnn(-c2cncc3c2CCCC3)c1C(F)(F)F. The van der Waals surface area contributed by atoms with E-state index in [1.54, 1.807) is 12.4 Å². The number of nitrogens with one attached hydrogen (secondary N) is 2. The van der Waals surface area contributed by atoms with Crippen LogP contribution in [0.3, 0.4) is 0 Å². The van der Waals surface area contributed by atoms with Gasteiger partial charge in [0.2, 0.25) is 0 Å². The van der Waals surface area contributed by atoms with Crippen LogP contribution in [0, 0.1) is 0 Å². The number of nitrogens with zero attached hydrogens (tertiary/aromatic N) is 5. The summed E-state index contributed by atoms with van der Waals surface area (Å²) >= 11 is 6.23. The molecule has 0 radical (unpaired) electrons. The van der Waals surface area contributed by atoms with Gasteiger partial charge >= 0.3 is 6.18 Å². The molecule has 8 nitrogen and oxygen atoms in total. The molecule has 34 heavy (non-hydrogen) atoms. The normalized spacial score (nSPS) is 13.5. The second-order valence-corrected chi connectivity index (χ2v) is 8.17. The lowest BCUT2D eigenvalue weighted by Gasteiger charge is -2.20. The number of hydrogen-bond donors (Lipinski definition) is 2. The molecule has 0 aromatic carbocycles. The van der Waals surface area contributed by atoms with Crippen LogP contribution in [0.15, 0.2) is 43.2 Å². The molecule has 1 aliphatic rings. The fourth-order valence-corrected chi connectivity index (χ4v) is 4.32. The van der Waals surface area contributed by atoms with E-state index in [-0.39, 0.29) is 16.4 Å². The highest BCUT2D eigenvalue weighted by Crippen LogP contribution is 2.36. The standard InChI is InChI=1S/C22H17ClF3N7O/c23-16-7-13(9-30-18(16)20-28-5-6-29-20)32-21(34)15-10-31-33(19(15)22(24,25)26)17-11-27-8-12-3-1-2-4-14(12)17/h5-11H,1-4H2,(H,28,29)(H,32,34). The van der Waals surface area contributed by atoms with Crippen molar-refractivity contribution in [3.63, 3.8) is 0 Å². The van der Waals surface area contributed by atoms with Crippen LogP contribution in [0.4, 0.5) is 18.9 Å². The molecule has 174 valence electrons. The van der Waals surface area contributed by atoms with Gasteiger partial charge < -0.3 is 10.3 Å². The van der Waals surface area contributed by atoms with Gasteiger partial charge in [0.1, 0.15) is 5.69 Å². The predicted octanol–water partition coefficient (Wildman–Crippen LogP) is 4.86. The van der Waals surface area contributed by atoms with E-state index in [2.05, 4.69) is 30.4 Å². The van der Waals surface area contributed by atoms with Crippen molar-refractivity contribution in [2.24, 2.45) is 0 Å². The van der Waals surface area contributed by atoms with Gasteiger partial charge in [-0.1, -0.05) is 11.6 Å². The van der Waals surface area contributed by atoms with Crippen LogP contribution >= 0.6 is 11.6 Å². The van der Waals surface area contributed by atoms with Gasteiger partial charge in [-0.3, -0.25) is 9.78 Å². The molecule has 0 saturated heterocycles. The Balaban J connectivity index is 1.50. The Morgan fingerprint density at radius 3 is 2.68 bits per heavy atom. The molecule has 12 heteroatoms. The summed E-state index contributed by atoms with van der Waals surface area (Å²) < 4.78 is 43.1. The number of carbonyl (C=O) groups excluding carboxylic acids is 1. The molecule has 2 N–H and O–H groups in total. The number of halogens is 4. The smallest absolute Gasteiger partial charge is 0.343 e. The second-order valence-electron chi connectivity index (χ2n) is 7.77. The molecule has 4 heterocycles. The number of fused-ring (bicyclic) bond motifs is 1. The van der Waals surface area contributed by atoms with Crippen molar-refractivity contribution in [2.75, 3.05) is 5.32 Å². The topological polar surface area (TPSA) is 101 Å². The number of anilines is 1. The summed E-state index contributed by atoms with van der Waals surface area (Å²) in [6, 6.07) is 1.39. The summed E-state index contributed by atoms with van der Waals surface area (Å²) in [6.45, 7) is 0. The van der Waals surface area contributed by atoms with Crippen LogP contribution in [0.2, 0.25) is 5.02 Å². The lowest BCUT2D eigenvalue weighted by atomic mass is 9.92. The Morgan fingerprint density at radius 1 is 1.12 bits per heavy atom. The lowest BCUT2D eigenvalue weighted by molar-refractivity contribution is -0.143. The molecule has 4 aromatic heterocycles. The van der Waals surface area contributed by atoms with E-state index >= 15 is 0 Å². The zero-order valence-corrected chi connectivity index (χ0v) is 18.3. The highest BCUT2D eigenvalue weighted by Gasteiger charge is 2.41. The van der Waals surface area contributed by atoms with Gasteiger partial charge in [-0.05, 0) is 42.9 Å². The van der Waals surface area contributed by atoms with E-state index in [4.69, 9.17) is 11.6 Å². The molecule has 4 aromatic rings. The first kappa shape index (κ1) is 22.1. The number of aromatic nitrogens is 6. The number of rotatable bonds is 4. The van der Waals surface area contributed by atoms with Gasteiger partial charge in [0.25, 0.3) is 5.91 Å². The van der Waals surface area contributed by atoms with Gasteiger partial charge in [0, 0.05) is 18.6 Å². The molecular weight excluding hydrogens is 471 g/mol. The average molecular weight is 488 g/mol. The van der Waals surface area contributed by atoms with Crippen LogP contribution < -0.4 is 5.32 Å². The minimum absolute atomic E-state index is 0.130. The molecule has 1 aliphatic carbocycles. The zero-order valence-electron chi connectivity index (χ0n) is 17.5. The third-order valence-electron chi connectivity index (χ3n) is 5.58. The molecule has 0 aliphatic heterocycles. The fourth-order valence-electron chi connectivity index (χ4n) is 4.07. The highest BCUT2D eigenvalue weighted by atomic mass is 35.5. The van der Waals surface area contributed by atoms with E-state index in [9.17, 15) is 18.0 Å². The van der Waals surface area contributed by atoms with E-state index in [0.717, 1.165) is 41.3 Å². The third kappa shape index (κ3) is 4.03. The summed E-state index contributed by atoms with van der Waals surface area (Å²) in [5.74, 6) is -0.566. The van der Waals surface area contributed by atoms with Gasteiger partial charge in [0.15, 0.2) is 11.5 Å². The summed E-state index contributed by atoms with van der Waals surface area (Å²) in [5, 5.41) is 6.52. The maximum absolute atomic E-state index is 14.1. The summed E-state index contributed by atoms with van der Waals surface area (Å²) in [5.41, 5.74) is 0.585. The number of hydrogen-bond acceptors (Lipinski definition) is 5. The van der Waals surface area contributed by atoms with Crippen molar-refractivity contribution >= 4 is 23.2 Å². The third-order valence-corrected chi connectivity index (χ3v) is 5.87. The maximum Gasteiger partial charge on any atom is 0.434 e. The number of pyridine rings is 2. The molecule has 0 fully saturated rings. The number of aromatic amines is 1. The Morgan fingerprint density at radius 2 is 1.94 bits per heavy atom. The van der Waals surface area contributed by atoms with Crippen LogP contribution in [-0.2, 0) is 19.0 Å². The molecule has 0 saturated carbocycles. The van der Waals surface area contributed by atoms with Crippen molar-refractivity contribution in [1.29, 1.82) is 0 Å². The van der Waals surface area contributed by atoms with Crippen molar-refractivity contribution in [3.05, 3.63) is 70.7 Å². The van der Waals surface area contributed by atoms with Crippen molar-refractivity contribution in [3.8, 4) is 17.2 Å². The number of amides is 1. The van der Waals surface area contributed by atoms with Crippen LogP contribution in [0.25, 0.3) is 17.2 Å². The molecule has 0 atom stereocenters. The number of imidazole rings is 1. The minimum atomic E-state index is -4.83.